The molecule has 1 N–H and O–H groups in total. The summed E-state index contributed by atoms with van der Waals surface area (Å²) in [5.74, 6) is -0.232. The first kappa shape index (κ1) is 11.2. The van der Waals surface area contributed by atoms with Crippen molar-refractivity contribution in [1.82, 2.24) is 4.98 Å². The van der Waals surface area contributed by atoms with E-state index in [1.165, 1.54) is 24.6 Å². The Hall–Kier alpha value is -2.89. The van der Waals surface area contributed by atoms with Gasteiger partial charge in [0.1, 0.15) is 0 Å². The molecule has 0 saturated heterocycles. The highest BCUT2D eigenvalue weighted by Crippen LogP contribution is 2.29. The number of carbonyl (C=O) groups is 1. The first-order chi connectivity index (χ1) is 9.18. The predicted molar refractivity (Wildman–Crippen MR) is 67.1 cm³/mol. The standard InChI is InChI=1S/C13H8N2O4/c16-13(11-5-2-6-19-11)8-7-14-9-3-1-4-10(12(8)9)15(17)18/h1-7,14H. The summed E-state index contributed by atoms with van der Waals surface area (Å²) in [4.78, 5) is 25.6. The maximum absolute atomic E-state index is 12.2. The molecule has 3 aromatic rings. The number of hydrogen-bond donors (Lipinski definition) is 1. The van der Waals surface area contributed by atoms with Crippen molar-refractivity contribution in [3.8, 4) is 0 Å². The summed E-state index contributed by atoms with van der Waals surface area (Å²) in [6.07, 6.45) is 2.85. The number of non-ortho nitro benzene ring substituents is 1. The summed E-state index contributed by atoms with van der Waals surface area (Å²) in [6.45, 7) is 0. The van der Waals surface area contributed by atoms with E-state index in [2.05, 4.69) is 4.98 Å². The molecule has 0 radical (unpaired) electrons. The molecule has 0 fully saturated rings. The van der Waals surface area contributed by atoms with Crippen LogP contribution in [0.4, 0.5) is 5.69 Å². The average Bonchev–Trinajstić information content (AvgIpc) is 3.06. The van der Waals surface area contributed by atoms with Crippen molar-refractivity contribution in [3.63, 3.8) is 0 Å². The maximum atomic E-state index is 12.2. The topological polar surface area (TPSA) is 89.1 Å². The monoisotopic (exact) mass is 256 g/mol. The third kappa shape index (κ3) is 1.70. The van der Waals surface area contributed by atoms with Gasteiger partial charge in [-0.3, -0.25) is 14.9 Å². The van der Waals surface area contributed by atoms with E-state index in [0.29, 0.717) is 10.9 Å². The number of nitro benzene ring substituents is 1. The summed E-state index contributed by atoms with van der Waals surface area (Å²) in [6, 6.07) is 7.74. The molecule has 0 aliphatic carbocycles. The Labute approximate surface area is 106 Å². The number of rotatable bonds is 3. The summed E-state index contributed by atoms with van der Waals surface area (Å²) < 4.78 is 5.04. The second-order valence-corrected chi connectivity index (χ2v) is 3.97. The molecule has 0 atom stereocenters. The van der Waals surface area contributed by atoms with E-state index in [9.17, 15) is 14.9 Å². The van der Waals surface area contributed by atoms with Crippen LogP contribution in [0.25, 0.3) is 10.9 Å². The number of aromatic amines is 1. The first-order valence-corrected chi connectivity index (χ1v) is 5.51. The quantitative estimate of drug-likeness (QED) is 0.443. The molecule has 3 rings (SSSR count). The fourth-order valence-corrected chi connectivity index (χ4v) is 2.04. The number of benzene rings is 1. The van der Waals surface area contributed by atoms with Crippen LogP contribution >= 0.6 is 0 Å². The molecule has 6 heteroatoms. The van der Waals surface area contributed by atoms with Crippen molar-refractivity contribution in [2.24, 2.45) is 0 Å². The van der Waals surface area contributed by atoms with Gasteiger partial charge in [0.15, 0.2) is 5.76 Å². The van der Waals surface area contributed by atoms with Gasteiger partial charge in [0.25, 0.3) is 5.69 Å². The van der Waals surface area contributed by atoms with Crippen LogP contribution in [-0.2, 0) is 0 Å². The molecule has 2 heterocycles. The summed E-state index contributed by atoms with van der Waals surface area (Å²) >= 11 is 0. The summed E-state index contributed by atoms with van der Waals surface area (Å²) in [7, 11) is 0. The van der Waals surface area contributed by atoms with Crippen molar-refractivity contribution in [3.05, 3.63) is 64.2 Å². The molecule has 0 unspecified atom stereocenters. The zero-order valence-corrected chi connectivity index (χ0v) is 9.62. The third-order valence-corrected chi connectivity index (χ3v) is 2.87. The number of fused-ring (bicyclic) bond motifs is 1. The molecular weight excluding hydrogens is 248 g/mol. The van der Waals surface area contributed by atoms with Crippen molar-refractivity contribution in [1.29, 1.82) is 0 Å². The minimum absolute atomic E-state index is 0.103. The smallest absolute Gasteiger partial charge is 0.279 e. The van der Waals surface area contributed by atoms with E-state index < -0.39 is 4.92 Å². The number of nitro groups is 1. The van der Waals surface area contributed by atoms with Crippen LogP contribution in [-0.4, -0.2) is 15.7 Å². The normalized spacial score (nSPS) is 10.7. The highest BCUT2D eigenvalue weighted by Gasteiger charge is 2.22. The van der Waals surface area contributed by atoms with Crippen molar-refractivity contribution >= 4 is 22.4 Å². The van der Waals surface area contributed by atoms with E-state index in [1.54, 1.807) is 18.2 Å². The number of hydrogen-bond acceptors (Lipinski definition) is 4. The van der Waals surface area contributed by atoms with E-state index in [4.69, 9.17) is 4.42 Å². The van der Waals surface area contributed by atoms with Gasteiger partial charge in [-0.05, 0) is 18.2 Å². The van der Waals surface area contributed by atoms with Gasteiger partial charge in [0.05, 0.1) is 27.7 Å². The van der Waals surface area contributed by atoms with Gasteiger partial charge in [0.2, 0.25) is 5.78 Å². The van der Waals surface area contributed by atoms with Gasteiger partial charge in [0, 0.05) is 12.3 Å². The Bertz CT molecular complexity index is 771. The van der Waals surface area contributed by atoms with Crippen molar-refractivity contribution in [2.45, 2.75) is 0 Å². The predicted octanol–water partition coefficient (Wildman–Crippen LogP) is 2.90. The van der Waals surface area contributed by atoms with E-state index >= 15 is 0 Å². The third-order valence-electron chi connectivity index (χ3n) is 2.87. The molecule has 0 saturated carbocycles. The van der Waals surface area contributed by atoms with Crippen molar-refractivity contribution < 1.29 is 14.1 Å². The van der Waals surface area contributed by atoms with Crippen LogP contribution in [0.2, 0.25) is 0 Å². The van der Waals surface area contributed by atoms with Gasteiger partial charge in [-0.1, -0.05) is 6.07 Å². The van der Waals surface area contributed by atoms with Gasteiger partial charge in [-0.2, -0.15) is 0 Å². The number of ketones is 1. The van der Waals surface area contributed by atoms with Crippen LogP contribution in [0.15, 0.2) is 47.2 Å². The number of H-pyrrole nitrogens is 1. The molecular formula is C13H8N2O4. The molecule has 94 valence electrons. The fourth-order valence-electron chi connectivity index (χ4n) is 2.04. The van der Waals surface area contributed by atoms with Gasteiger partial charge < -0.3 is 9.40 Å². The minimum atomic E-state index is -0.505. The fraction of sp³-hybridized carbons (Fsp3) is 0. The molecule has 2 aromatic heterocycles. The number of aromatic nitrogens is 1. The summed E-state index contributed by atoms with van der Waals surface area (Å²) in [5, 5.41) is 11.3. The molecule has 0 aliphatic rings. The zero-order valence-electron chi connectivity index (χ0n) is 9.62. The average molecular weight is 256 g/mol. The van der Waals surface area contributed by atoms with Gasteiger partial charge >= 0.3 is 0 Å². The van der Waals surface area contributed by atoms with Gasteiger partial charge in [-0.15, -0.1) is 0 Å². The van der Waals surface area contributed by atoms with Crippen LogP contribution in [0, 0.1) is 10.1 Å². The maximum Gasteiger partial charge on any atom is 0.279 e. The van der Waals surface area contributed by atoms with E-state index in [0.717, 1.165) is 0 Å². The van der Waals surface area contributed by atoms with Crippen molar-refractivity contribution in [2.75, 3.05) is 0 Å². The molecule has 6 nitrogen and oxygen atoms in total. The van der Waals surface area contributed by atoms with E-state index in [-0.39, 0.29) is 22.8 Å². The van der Waals surface area contributed by atoms with Crippen LogP contribution in [0.3, 0.4) is 0 Å². The Morgan fingerprint density at radius 3 is 2.79 bits per heavy atom. The summed E-state index contributed by atoms with van der Waals surface area (Å²) in [5.41, 5.74) is 0.676. The van der Waals surface area contributed by atoms with Gasteiger partial charge in [-0.25, -0.2) is 0 Å². The molecule has 1 aromatic carbocycles. The van der Waals surface area contributed by atoms with Crippen LogP contribution in [0.1, 0.15) is 16.1 Å². The highest BCUT2D eigenvalue weighted by atomic mass is 16.6. The Balaban J connectivity index is 2.25. The van der Waals surface area contributed by atoms with Crippen LogP contribution < -0.4 is 0 Å². The molecule has 0 bridgehead atoms. The first-order valence-electron chi connectivity index (χ1n) is 5.51. The number of nitrogens with zero attached hydrogens (tertiary/aromatic N) is 1. The number of nitrogens with one attached hydrogen (secondary N) is 1. The Morgan fingerprint density at radius 1 is 1.26 bits per heavy atom. The molecule has 0 aliphatic heterocycles. The molecule has 0 spiro atoms. The zero-order chi connectivity index (χ0) is 13.4. The lowest BCUT2D eigenvalue weighted by molar-refractivity contribution is -0.383. The highest BCUT2D eigenvalue weighted by molar-refractivity contribution is 6.17. The lowest BCUT2D eigenvalue weighted by atomic mass is 10.1. The second-order valence-electron chi connectivity index (χ2n) is 3.97. The second kappa shape index (κ2) is 4.09. The lowest BCUT2D eigenvalue weighted by Crippen LogP contribution is -1.99. The lowest BCUT2D eigenvalue weighted by Gasteiger charge is -1.97. The number of furan rings is 1. The number of carbonyl (C=O) groups excluding carboxylic acids is 1. The Morgan fingerprint density at radius 2 is 2.11 bits per heavy atom. The minimum Gasteiger partial charge on any atom is -0.461 e. The molecule has 0 amide bonds. The Kier molecular flexibility index (Phi) is 2.42. The van der Waals surface area contributed by atoms with Crippen LogP contribution in [0.5, 0.6) is 0 Å². The van der Waals surface area contributed by atoms with E-state index in [1.807, 2.05) is 0 Å². The SMILES string of the molecule is O=C(c1ccco1)c1c[nH]c2cccc([N+](=O)[O-])c12. The molecule has 19 heavy (non-hydrogen) atoms. The largest absolute Gasteiger partial charge is 0.461 e.